The molecular weight excluding hydrogens is 226 g/mol. The van der Waals surface area contributed by atoms with Crippen molar-refractivity contribution < 1.29 is 5.21 Å². The van der Waals surface area contributed by atoms with E-state index in [2.05, 4.69) is 0 Å². The summed E-state index contributed by atoms with van der Waals surface area (Å²) in [5.74, 6) is 0. The Morgan fingerprint density at radius 3 is 1.33 bits per heavy atom. The zero-order valence-electron chi connectivity index (χ0n) is 9.37. The third kappa shape index (κ3) is 2.30. The summed E-state index contributed by atoms with van der Waals surface area (Å²) in [6.07, 6.45) is 0. The predicted molar refractivity (Wildman–Crippen MR) is 65.1 cm³/mol. The fourth-order valence-electron chi connectivity index (χ4n) is 1.49. The molecule has 18 heavy (non-hydrogen) atoms. The second kappa shape index (κ2) is 5.01. The minimum Gasteiger partial charge on any atom is -0.192 e. The Balaban J connectivity index is 2.27. The van der Waals surface area contributed by atoms with E-state index in [9.17, 15) is 5.21 Å². The van der Waals surface area contributed by atoms with Crippen LogP contribution in [0.3, 0.4) is 0 Å². The lowest BCUT2D eigenvalue weighted by Gasteiger charge is -2.13. The molecule has 4 nitrogen and oxygen atoms in total. The Morgan fingerprint density at radius 1 is 0.722 bits per heavy atom. The third-order valence-electron chi connectivity index (χ3n) is 2.46. The molecule has 0 aliphatic carbocycles. The van der Waals surface area contributed by atoms with E-state index < -0.39 is 0 Å². The number of hydrogen-bond donors (Lipinski definition) is 0. The van der Waals surface area contributed by atoms with E-state index in [0.29, 0.717) is 22.5 Å². The zero-order chi connectivity index (χ0) is 13.0. The van der Waals surface area contributed by atoms with Gasteiger partial charge in [-0.25, -0.2) is 0 Å². The van der Waals surface area contributed by atoms with E-state index >= 15 is 0 Å². The molecule has 0 N–H and O–H groups in total. The first-order chi connectivity index (χ1) is 8.74. The highest BCUT2D eigenvalue weighted by Crippen LogP contribution is 2.24. The van der Waals surface area contributed by atoms with Crippen molar-refractivity contribution in [2.24, 2.45) is 0 Å². The van der Waals surface area contributed by atoms with Gasteiger partial charge in [0, 0.05) is 0 Å². The predicted octanol–water partition coefficient (Wildman–Crippen LogP) is 2.91. The summed E-state index contributed by atoms with van der Waals surface area (Å²) in [6.45, 7) is 0. The molecule has 0 spiro atoms. The molecule has 0 aliphatic heterocycles. The zero-order valence-corrected chi connectivity index (χ0v) is 9.37. The van der Waals surface area contributed by atoms with Crippen LogP contribution in [0.2, 0.25) is 0 Å². The van der Waals surface area contributed by atoms with Crippen molar-refractivity contribution in [1.82, 2.24) is 0 Å². The second-order valence-corrected chi connectivity index (χ2v) is 3.61. The molecule has 2 rings (SSSR count). The summed E-state index contributed by atoms with van der Waals surface area (Å²) < 4.78 is 0. The van der Waals surface area contributed by atoms with E-state index in [1.54, 1.807) is 48.5 Å². The largest absolute Gasteiger partial charge is 0.192 e. The van der Waals surface area contributed by atoms with Gasteiger partial charge in [0.15, 0.2) is 0 Å². The van der Waals surface area contributed by atoms with Gasteiger partial charge in [-0.1, -0.05) is 5.21 Å². The Bertz CT molecular complexity index is 561. The quantitative estimate of drug-likeness (QED) is 0.750. The molecule has 0 unspecified atom stereocenters. The van der Waals surface area contributed by atoms with E-state index in [4.69, 9.17) is 10.5 Å². The SMILES string of the molecule is N#Cc1ccc(N([O])c2ccc(C#N)cc2)cc1. The summed E-state index contributed by atoms with van der Waals surface area (Å²) >= 11 is 0. The topological polar surface area (TPSA) is 70.7 Å². The molecule has 0 bridgehead atoms. The average Bonchev–Trinajstić information content (AvgIpc) is 2.47. The first-order valence-corrected chi connectivity index (χ1v) is 5.22. The van der Waals surface area contributed by atoms with Gasteiger partial charge in [-0.05, 0) is 48.5 Å². The molecule has 0 saturated carbocycles. The maximum Gasteiger partial charge on any atom is 0.0991 e. The normalized spacial score (nSPS) is 9.28. The van der Waals surface area contributed by atoms with Crippen molar-refractivity contribution in [2.75, 3.05) is 5.06 Å². The monoisotopic (exact) mass is 234 g/mol. The van der Waals surface area contributed by atoms with Crippen LogP contribution in [0.25, 0.3) is 0 Å². The molecule has 0 heterocycles. The number of benzene rings is 2. The molecule has 2 aromatic rings. The third-order valence-corrected chi connectivity index (χ3v) is 2.46. The van der Waals surface area contributed by atoms with Gasteiger partial charge in [-0.3, -0.25) is 0 Å². The molecule has 2 aromatic carbocycles. The Kier molecular flexibility index (Phi) is 3.24. The molecule has 0 saturated heterocycles. The molecule has 0 fully saturated rings. The molecule has 4 heteroatoms. The van der Waals surface area contributed by atoms with Gasteiger partial charge in [0.25, 0.3) is 0 Å². The Hall–Kier alpha value is -2.82. The van der Waals surface area contributed by atoms with Crippen LogP contribution in [0.15, 0.2) is 48.5 Å². The van der Waals surface area contributed by atoms with Crippen LogP contribution in [0, 0.1) is 22.7 Å². The van der Waals surface area contributed by atoms with Gasteiger partial charge in [0.1, 0.15) is 0 Å². The number of nitriles is 2. The lowest BCUT2D eigenvalue weighted by Crippen LogP contribution is -2.08. The number of hydrogen-bond acceptors (Lipinski definition) is 3. The Morgan fingerprint density at radius 2 is 1.06 bits per heavy atom. The van der Waals surface area contributed by atoms with Crippen molar-refractivity contribution in [2.45, 2.75) is 0 Å². The van der Waals surface area contributed by atoms with Gasteiger partial charge >= 0.3 is 0 Å². The highest BCUT2D eigenvalue weighted by atomic mass is 16.5. The van der Waals surface area contributed by atoms with E-state index in [1.165, 1.54) is 0 Å². The van der Waals surface area contributed by atoms with Crippen molar-refractivity contribution in [3.63, 3.8) is 0 Å². The first-order valence-electron chi connectivity index (χ1n) is 5.22. The summed E-state index contributed by atoms with van der Waals surface area (Å²) in [5.41, 5.74) is 1.90. The summed E-state index contributed by atoms with van der Waals surface area (Å²) in [4.78, 5) is 0. The van der Waals surface area contributed by atoms with Gasteiger partial charge in [0.2, 0.25) is 0 Å². The van der Waals surface area contributed by atoms with E-state index in [0.717, 1.165) is 5.06 Å². The molecule has 0 amide bonds. The van der Waals surface area contributed by atoms with Crippen molar-refractivity contribution in [3.05, 3.63) is 59.7 Å². The van der Waals surface area contributed by atoms with Crippen LogP contribution in [-0.2, 0) is 5.21 Å². The van der Waals surface area contributed by atoms with E-state index in [1.807, 2.05) is 12.1 Å². The van der Waals surface area contributed by atoms with Gasteiger partial charge < -0.3 is 0 Å². The number of rotatable bonds is 2. The number of nitrogens with zero attached hydrogens (tertiary/aromatic N) is 3. The minimum atomic E-state index is 0.443. The standard InChI is InChI=1S/C14H8N3O/c15-9-11-1-5-13(6-2-11)17(18)14-7-3-12(10-16)4-8-14/h1-8H. The van der Waals surface area contributed by atoms with Crippen molar-refractivity contribution in [3.8, 4) is 12.1 Å². The summed E-state index contributed by atoms with van der Waals surface area (Å²) in [6, 6.07) is 16.7. The maximum absolute atomic E-state index is 12.0. The highest BCUT2D eigenvalue weighted by molar-refractivity contribution is 5.61. The van der Waals surface area contributed by atoms with Crippen LogP contribution in [0.5, 0.6) is 0 Å². The van der Waals surface area contributed by atoms with Gasteiger partial charge in [-0.15, -0.1) is 0 Å². The average molecular weight is 234 g/mol. The molecule has 0 aliphatic rings. The van der Waals surface area contributed by atoms with Crippen LogP contribution >= 0.6 is 0 Å². The van der Waals surface area contributed by atoms with Crippen LogP contribution < -0.4 is 5.06 Å². The summed E-state index contributed by atoms with van der Waals surface area (Å²) in [5, 5.41) is 30.1. The lowest BCUT2D eigenvalue weighted by molar-refractivity contribution is 0.196. The molecule has 0 atom stereocenters. The molecular formula is C14H8N3O. The smallest absolute Gasteiger partial charge is 0.0991 e. The van der Waals surface area contributed by atoms with Crippen LogP contribution in [-0.4, -0.2) is 0 Å². The fraction of sp³-hybridized carbons (Fsp3) is 0. The van der Waals surface area contributed by atoms with Gasteiger partial charge in [0.05, 0.1) is 34.6 Å². The van der Waals surface area contributed by atoms with Crippen LogP contribution in [0.1, 0.15) is 11.1 Å². The van der Waals surface area contributed by atoms with Gasteiger partial charge in [-0.2, -0.15) is 15.6 Å². The summed E-state index contributed by atoms with van der Waals surface area (Å²) in [7, 11) is 0. The first kappa shape index (κ1) is 11.7. The minimum absolute atomic E-state index is 0.443. The fourth-order valence-corrected chi connectivity index (χ4v) is 1.49. The number of anilines is 2. The lowest BCUT2D eigenvalue weighted by atomic mass is 10.2. The molecule has 0 aromatic heterocycles. The Labute approximate surface area is 105 Å². The maximum atomic E-state index is 12.0. The van der Waals surface area contributed by atoms with Crippen molar-refractivity contribution in [1.29, 1.82) is 10.5 Å². The highest BCUT2D eigenvalue weighted by Gasteiger charge is 2.07. The van der Waals surface area contributed by atoms with Crippen molar-refractivity contribution >= 4 is 11.4 Å². The van der Waals surface area contributed by atoms with Crippen LogP contribution in [0.4, 0.5) is 11.4 Å². The molecule has 85 valence electrons. The molecule has 1 radical (unpaired) electrons. The second-order valence-electron chi connectivity index (χ2n) is 3.61. The van der Waals surface area contributed by atoms with E-state index in [-0.39, 0.29) is 0 Å².